The van der Waals surface area contributed by atoms with Crippen molar-refractivity contribution in [2.75, 3.05) is 40.9 Å². The van der Waals surface area contributed by atoms with Gasteiger partial charge in [0.25, 0.3) is 0 Å². The fraction of sp³-hybridized carbons (Fsp3) is 0.877. The van der Waals surface area contributed by atoms with E-state index in [9.17, 15) is 19.4 Å². The van der Waals surface area contributed by atoms with Crippen LogP contribution in [0.5, 0.6) is 0 Å². The summed E-state index contributed by atoms with van der Waals surface area (Å²) in [6.07, 6.45) is 62.5. The molecule has 390 valence electrons. The predicted octanol–water partition coefficient (Wildman–Crippen LogP) is 17.0. The SMILES string of the molecule is CCCCCCCCCCCCCC/C=C/CC/C=C/CC/C=C/C(O)C(COP(=O)(O)OCC[N+](C)(C)C)NC(=O)CCCCCCCCCCCCCCCCCCCCCCCC. The fourth-order valence-electron chi connectivity index (χ4n) is 8.37. The standard InChI is InChI=1S/C57H111N2O6P/c1-6-8-10-12-14-16-18-20-22-24-26-28-30-32-34-36-38-40-42-44-46-48-50-56(60)55(54-65-66(62,63)64-53-52-59(3,4)5)58-57(61)51-49-47-45-43-41-39-37-35-33-31-29-27-25-23-21-19-17-15-13-11-9-7-2/h32,34,40,42,48,50,55-56,60H,6-31,33,35-39,41,43-47,49,51-54H2,1-5H3,(H-,58,61,62,63)/p+1/b34-32+,42-40+,50-48+. The maximum absolute atomic E-state index is 13.0. The van der Waals surface area contributed by atoms with E-state index in [2.05, 4.69) is 43.5 Å². The third-order valence-corrected chi connectivity index (χ3v) is 13.8. The van der Waals surface area contributed by atoms with Gasteiger partial charge in [0.2, 0.25) is 5.91 Å². The van der Waals surface area contributed by atoms with Gasteiger partial charge in [-0.15, -0.1) is 0 Å². The number of amides is 1. The number of unbranched alkanes of at least 4 members (excludes halogenated alkanes) is 35. The number of phosphoric acid groups is 1. The van der Waals surface area contributed by atoms with Crippen LogP contribution in [0.2, 0.25) is 0 Å². The molecule has 0 aliphatic rings. The van der Waals surface area contributed by atoms with E-state index in [1.165, 1.54) is 205 Å². The maximum Gasteiger partial charge on any atom is 0.472 e. The monoisotopic (exact) mass is 952 g/mol. The summed E-state index contributed by atoms with van der Waals surface area (Å²) in [7, 11) is 1.56. The molecule has 0 aromatic heterocycles. The van der Waals surface area contributed by atoms with Crippen molar-refractivity contribution in [3.8, 4) is 0 Å². The third kappa shape index (κ3) is 50.6. The van der Waals surface area contributed by atoms with E-state index >= 15 is 0 Å². The van der Waals surface area contributed by atoms with Crippen LogP contribution in [0, 0.1) is 0 Å². The second kappa shape index (κ2) is 48.7. The van der Waals surface area contributed by atoms with E-state index in [1.54, 1.807) is 6.08 Å². The molecule has 0 spiro atoms. The van der Waals surface area contributed by atoms with Crippen LogP contribution in [0.3, 0.4) is 0 Å². The van der Waals surface area contributed by atoms with Crippen LogP contribution in [-0.4, -0.2) is 73.4 Å². The van der Waals surface area contributed by atoms with Crippen molar-refractivity contribution in [2.24, 2.45) is 0 Å². The van der Waals surface area contributed by atoms with Crippen molar-refractivity contribution in [3.05, 3.63) is 36.5 Å². The Morgan fingerprint density at radius 3 is 1.21 bits per heavy atom. The normalized spacial score (nSPS) is 14.2. The largest absolute Gasteiger partial charge is 0.472 e. The van der Waals surface area contributed by atoms with Crippen LogP contribution in [0.4, 0.5) is 0 Å². The molecule has 3 N–H and O–H groups in total. The first-order chi connectivity index (χ1) is 32.0. The number of phosphoric ester groups is 1. The van der Waals surface area contributed by atoms with Crippen molar-refractivity contribution in [1.82, 2.24) is 5.32 Å². The Hall–Kier alpha value is -1.28. The molecule has 0 bridgehead atoms. The molecule has 0 aliphatic heterocycles. The van der Waals surface area contributed by atoms with Crippen LogP contribution in [0.1, 0.15) is 271 Å². The molecule has 0 saturated heterocycles. The molecule has 8 nitrogen and oxygen atoms in total. The van der Waals surface area contributed by atoms with E-state index in [0.717, 1.165) is 44.9 Å². The first-order valence-corrected chi connectivity index (χ1v) is 29.9. The molecule has 0 aromatic rings. The Bertz CT molecular complexity index is 1170. The molecule has 3 atom stereocenters. The van der Waals surface area contributed by atoms with Gasteiger partial charge in [0.15, 0.2) is 0 Å². The van der Waals surface area contributed by atoms with Gasteiger partial charge in [-0.1, -0.05) is 256 Å². The minimum atomic E-state index is -4.36. The molecular formula is C57H112N2O6P+. The number of carbonyl (C=O) groups is 1. The Balaban J connectivity index is 4.28. The van der Waals surface area contributed by atoms with Gasteiger partial charge in [0.05, 0.1) is 39.9 Å². The number of nitrogens with zero attached hydrogens (tertiary/aromatic N) is 1. The zero-order valence-corrected chi connectivity index (χ0v) is 45.3. The zero-order chi connectivity index (χ0) is 48.5. The van der Waals surface area contributed by atoms with Gasteiger partial charge in [-0.2, -0.15) is 0 Å². The number of hydrogen-bond donors (Lipinski definition) is 3. The van der Waals surface area contributed by atoms with Gasteiger partial charge < -0.3 is 19.8 Å². The molecule has 1 amide bonds. The summed E-state index contributed by atoms with van der Waals surface area (Å²) in [4.78, 5) is 23.3. The third-order valence-electron chi connectivity index (χ3n) is 12.8. The maximum atomic E-state index is 13.0. The lowest BCUT2D eigenvalue weighted by Gasteiger charge is -2.25. The van der Waals surface area contributed by atoms with Crippen molar-refractivity contribution in [3.63, 3.8) is 0 Å². The number of aliphatic hydroxyl groups is 1. The van der Waals surface area contributed by atoms with Crippen molar-refractivity contribution >= 4 is 13.7 Å². The molecule has 0 radical (unpaired) electrons. The summed E-state index contributed by atoms with van der Waals surface area (Å²) in [6, 6.07) is -0.867. The molecule has 66 heavy (non-hydrogen) atoms. The molecule has 0 rings (SSSR count). The molecule has 3 unspecified atom stereocenters. The Morgan fingerprint density at radius 2 is 0.833 bits per heavy atom. The van der Waals surface area contributed by atoms with Crippen LogP contribution in [-0.2, 0) is 18.4 Å². The Labute approximate surface area is 410 Å². The number of rotatable bonds is 52. The summed E-state index contributed by atoms with van der Waals surface area (Å²) < 4.78 is 23.7. The molecule has 0 saturated carbocycles. The van der Waals surface area contributed by atoms with E-state index < -0.39 is 20.0 Å². The van der Waals surface area contributed by atoms with Gasteiger partial charge in [-0.25, -0.2) is 4.57 Å². The highest BCUT2D eigenvalue weighted by Crippen LogP contribution is 2.43. The van der Waals surface area contributed by atoms with Crippen molar-refractivity contribution < 1.29 is 32.9 Å². The summed E-state index contributed by atoms with van der Waals surface area (Å²) in [5.41, 5.74) is 0. The lowest BCUT2D eigenvalue weighted by molar-refractivity contribution is -0.870. The summed E-state index contributed by atoms with van der Waals surface area (Å²) in [5.74, 6) is -0.186. The van der Waals surface area contributed by atoms with Gasteiger partial charge in [-0.3, -0.25) is 13.8 Å². The zero-order valence-electron chi connectivity index (χ0n) is 44.4. The first-order valence-electron chi connectivity index (χ1n) is 28.4. The minimum absolute atomic E-state index is 0.0551. The van der Waals surface area contributed by atoms with E-state index in [0.29, 0.717) is 17.4 Å². The summed E-state index contributed by atoms with van der Waals surface area (Å²) >= 11 is 0. The number of likely N-dealkylation sites (N-methyl/N-ethyl adjacent to an activating group) is 1. The van der Waals surface area contributed by atoms with Crippen LogP contribution in [0.15, 0.2) is 36.5 Å². The number of carbonyl (C=O) groups excluding carboxylic acids is 1. The average Bonchev–Trinajstić information content (AvgIpc) is 3.28. The Kier molecular flexibility index (Phi) is 47.8. The molecule has 9 heteroatoms. The molecule has 0 aliphatic carbocycles. The first kappa shape index (κ1) is 64.7. The highest BCUT2D eigenvalue weighted by molar-refractivity contribution is 7.47. The fourth-order valence-corrected chi connectivity index (χ4v) is 9.11. The molecule has 0 heterocycles. The summed E-state index contributed by atoms with van der Waals surface area (Å²) in [5, 5.41) is 13.9. The average molecular weight is 953 g/mol. The van der Waals surface area contributed by atoms with E-state index in [-0.39, 0.29) is 19.1 Å². The second-order valence-corrected chi connectivity index (χ2v) is 22.1. The Morgan fingerprint density at radius 1 is 0.500 bits per heavy atom. The van der Waals surface area contributed by atoms with Gasteiger partial charge in [-0.05, 0) is 44.9 Å². The molecule has 0 aromatic carbocycles. The highest BCUT2D eigenvalue weighted by Gasteiger charge is 2.27. The highest BCUT2D eigenvalue weighted by atomic mass is 31.2. The van der Waals surface area contributed by atoms with Crippen molar-refractivity contribution in [1.29, 1.82) is 0 Å². The van der Waals surface area contributed by atoms with Crippen molar-refractivity contribution in [2.45, 2.75) is 283 Å². The van der Waals surface area contributed by atoms with Crippen LogP contribution in [0.25, 0.3) is 0 Å². The summed E-state index contributed by atoms with van der Waals surface area (Å²) in [6.45, 7) is 4.82. The van der Waals surface area contributed by atoms with Crippen LogP contribution < -0.4 is 5.32 Å². The smallest absolute Gasteiger partial charge is 0.387 e. The number of quaternary nitrogens is 1. The predicted molar refractivity (Wildman–Crippen MR) is 286 cm³/mol. The molecule has 0 fully saturated rings. The number of aliphatic hydroxyl groups excluding tert-OH is 1. The quantitative estimate of drug-likeness (QED) is 0.0243. The minimum Gasteiger partial charge on any atom is -0.387 e. The topological polar surface area (TPSA) is 105 Å². The number of allylic oxidation sites excluding steroid dienone is 5. The van der Waals surface area contributed by atoms with Gasteiger partial charge in [0, 0.05) is 6.42 Å². The molecular weight excluding hydrogens is 840 g/mol. The number of hydrogen-bond acceptors (Lipinski definition) is 5. The van der Waals surface area contributed by atoms with E-state index in [1.807, 2.05) is 27.2 Å². The van der Waals surface area contributed by atoms with Gasteiger partial charge >= 0.3 is 7.82 Å². The lowest BCUT2D eigenvalue weighted by atomic mass is 10.0. The van der Waals surface area contributed by atoms with E-state index in [4.69, 9.17) is 9.05 Å². The number of nitrogens with one attached hydrogen (secondary N) is 1. The second-order valence-electron chi connectivity index (χ2n) is 20.7. The van der Waals surface area contributed by atoms with Gasteiger partial charge in [0.1, 0.15) is 13.2 Å². The van der Waals surface area contributed by atoms with Crippen LogP contribution >= 0.6 is 7.82 Å². The lowest BCUT2D eigenvalue weighted by Crippen LogP contribution is -2.45.